The van der Waals surface area contributed by atoms with Crippen LogP contribution in [0.4, 0.5) is 0 Å². The summed E-state index contributed by atoms with van der Waals surface area (Å²) < 4.78 is 4.83. The molecule has 10 rings (SSSR count). The lowest BCUT2D eigenvalue weighted by Gasteiger charge is -2.14. The van der Waals surface area contributed by atoms with Crippen molar-refractivity contribution in [3.05, 3.63) is 194 Å². The molecule has 0 aliphatic heterocycles. The van der Waals surface area contributed by atoms with Crippen molar-refractivity contribution in [2.24, 2.45) is 0 Å². The van der Waals surface area contributed by atoms with Gasteiger partial charge in [-0.15, -0.1) is 0 Å². The van der Waals surface area contributed by atoms with Gasteiger partial charge in [0.25, 0.3) is 0 Å². The molecule has 0 unspecified atom stereocenters. The summed E-state index contributed by atoms with van der Waals surface area (Å²) in [5, 5.41) is 5.04. The van der Waals surface area contributed by atoms with E-state index in [9.17, 15) is 0 Å². The zero-order valence-electron chi connectivity index (χ0n) is 27.4. The summed E-state index contributed by atoms with van der Waals surface area (Å²) in [6, 6.07) is 70.4. The molecule has 0 aliphatic rings. The Morgan fingerprint density at radius 1 is 0.260 bits per heavy atom. The second-order valence-corrected chi connectivity index (χ2v) is 12.9. The van der Waals surface area contributed by atoms with Gasteiger partial charge in [-0.1, -0.05) is 146 Å². The van der Waals surface area contributed by atoms with Gasteiger partial charge in [0, 0.05) is 32.9 Å². The van der Waals surface area contributed by atoms with Crippen LogP contribution in [0, 0.1) is 0 Å². The fourth-order valence-corrected chi connectivity index (χ4v) is 7.95. The van der Waals surface area contributed by atoms with E-state index in [1.54, 1.807) is 0 Å². The molecule has 0 atom stereocenters. The third-order valence-electron chi connectivity index (χ3n) is 10.1. The Hall–Kier alpha value is -6.64. The Balaban J connectivity index is 1.19. The summed E-state index contributed by atoms with van der Waals surface area (Å²) >= 11 is 0. The maximum Gasteiger partial charge on any atom is 0.0547 e. The van der Waals surface area contributed by atoms with E-state index in [1.807, 2.05) is 0 Å². The lowest BCUT2D eigenvalue weighted by atomic mass is 9.94. The molecule has 8 aromatic carbocycles. The van der Waals surface area contributed by atoms with Gasteiger partial charge in [0.2, 0.25) is 0 Å². The van der Waals surface area contributed by atoms with Crippen LogP contribution >= 0.6 is 0 Å². The first-order valence-electron chi connectivity index (χ1n) is 17.2. The van der Waals surface area contributed by atoms with E-state index in [1.165, 1.54) is 82.7 Å². The standard InChI is InChI=1S/C48H32N2/c1-3-15-33(16-4-1)38-21-7-8-22-39(38)34-17-13-20-37(31-34)50-45-27-12-10-24-43(45)48-40(25-14-28-46(48)50)35-29-30-42-41-23-9-11-26-44(41)49(47(42)32-35)36-18-5-2-6-19-36/h1-32H. The van der Waals surface area contributed by atoms with E-state index < -0.39 is 0 Å². The molecule has 2 heteroatoms. The summed E-state index contributed by atoms with van der Waals surface area (Å²) in [5.74, 6) is 0. The Morgan fingerprint density at radius 3 is 1.56 bits per heavy atom. The highest BCUT2D eigenvalue weighted by Crippen LogP contribution is 2.42. The zero-order chi connectivity index (χ0) is 33.0. The largest absolute Gasteiger partial charge is 0.309 e. The van der Waals surface area contributed by atoms with Crippen molar-refractivity contribution in [2.75, 3.05) is 0 Å². The number of aromatic nitrogens is 2. The van der Waals surface area contributed by atoms with Crippen LogP contribution in [-0.2, 0) is 0 Å². The van der Waals surface area contributed by atoms with Crippen LogP contribution in [0.5, 0.6) is 0 Å². The molecule has 2 nitrogen and oxygen atoms in total. The van der Waals surface area contributed by atoms with Crippen molar-refractivity contribution in [2.45, 2.75) is 0 Å². The molecular formula is C48H32N2. The van der Waals surface area contributed by atoms with Crippen LogP contribution < -0.4 is 0 Å². The predicted octanol–water partition coefficient (Wildman–Crippen LogP) is 12.9. The highest BCUT2D eigenvalue weighted by atomic mass is 15.0. The molecule has 234 valence electrons. The fraction of sp³-hybridized carbons (Fsp3) is 0. The minimum Gasteiger partial charge on any atom is -0.309 e. The van der Waals surface area contributed by atoms with Gasteiger partial charge in [-0.3, -0.25) is 0 Å². The summed E-state index contributed by atoms with van der Waals surface area (Å²) in [6.45, 7) is 0. The predicted molar refractivity (Wildman–Crippen MR) is 211 cm³/mol. The Morgan fingerprint density at radius 2 is 0.760 bits per heavy atom. The van der Waals surface area contributed by atoms with Gasteiger partial charge in [-0.2, -0.15) is 0 Å². The van der Waals surface area contributed by atoms with Crippen LogP contribution in [0.25, 0.3) is 88.4 Å². The van der Waals surface area contributed by atoms with Crippen LogP contribution in [0.3, 0.4) is 0 Å². The van der Waals surface area contributed by atoms with Crippen molar-refractivity contribution in [1.29, 1.82) is 0 Å². The highest BCUT2D eigenvalue weighted by molar-refractivity contribution is 6.17. The highest BCUT2D eigenvalue weighted by Gasteiger charge is 2.19. The number of fused-ring (bicyclic) bond motifs is 6. The van der Waals surface area contributed by atoms with Gasteiger partial charge in [0.15, 0.2) is 0 Å². The van der Waals surface area contributed by atoms with E-state index in [0.717, 1.165) is 5.69 Å². The topological polar surface area (TPSA) is 9.86 Å². The molecule has 10 aromatic rings. The monoisotopic (exact) mass is 636 g/mol. The van der Waals surface area contributed by atoms with Crippen LogP contribution in [0.2, 0.25) is 0 Å². The second kappa shape index (κ2) is 11.5. The lowest BCUT2D eigenvalue weighted by molar-refractivity contribution is 1.18. The third kappa shape index (κ3) is 4.43. The molecular weight excluding hydrogens is 605 g/mol. The third-order valence-corrected chi connectivity index (χ3v) is 10.1. The van der Waals surface area contributed by atoms with Crippen molar-refractivity contribution in [1.82, 2.24) is 9.13 Å². The Kier molecular flexibility index (Phi) is 6.53. The maximum absolute atomic E-state index is 2.43. The minimum absolute atomic E-state index is 1.15. The minimum atomic E-state index is 1.15. The summed E-state index contributed by atoms with van der Waals surface area (Å²) in [6.07, 6.45) is 0. The van der Waals surface area contributed by atoms with Crippen LogP contribution in [-0.4, -0.2) is 9.13 Å². The normalized spacial score (nSPS) is 11.6. The number of benzene rings is 8. The molecule has 0 saturated heterocycles. The first-order chi connectivity index (χ1) is 24.8. The quantitative estimate of drug-likeness (QED) is 0.178. The van der Waals surface area contributed by atoms with Crippen LogP contribution in [0.15, 0.2) is 194 Å². The molecule has 0 saturated carbocycles. The summed E-state index contributed by atoms with van der Waals surface area (Å²) in [4.78, 5) is 0. The van der Waals surface area contributed by atoms with Gasteiger partial charge in [-0.25, -0.2) is 0 Å². The maximum atomic E-state index is 2.43. The number of nitrogens with zero attached hydrogens (tertiary/aromatic N) is 2. The summed E-state index contributed by atoms with van der Waals surface area (Å²) in [7, 11) is 0. The number of hydrogen-bond acceptors (Lipinski definition) is 0. The molecule has 0 radical (unpaired) electrons. The van der Waals surface area contributed by atoms with Gasteiger partial charge >= 0.3 is 0 Å². The van der Waals surface area contributed by atoms with E-state index in [0.29, 0.717) is 0 Å². The lowest BCUT2D eigenvalue weighted by Crippen LogP contribution is -1.95. The van der Waals surface area contributed by atoms with E-state index in [4.69, 9.17) is 0 Å². The molecule has 0 fully saturated rings. The summed E-state index contributed by atoms with van der Waals surface area (Å²) in [5.41, 5.74) is 14.4. The van der Waals surface area contributed by atoms with Gasteiger partial charge in [0.1, 0.15) is 0 Å². The first-order valence-corrected chi connectivity index (χ1v) is 17.2. The number of rotatable bonds is 5. The molecule has 0 aliphatic carbocycles. The molecule has 2 aromatic heterocycles. The van der Waals surface area contributed by atoms with Gasteiger partial charge in [0.05, 0.1) is 22.1 Å². The average molecular weight is 637 g/mol. The number of para-hydroxylation sites is 3. The average Bonchev–Trinajstić information content (AvgIpc) is 3.71. The fourth-order valence-electron chi connectivity index (χ4n) is 7.95. The SMILES string of the molecule is c1ccc(-c2ccccc2-c2cccc(-n3c4ccccc4c4c(-c5ccc6c7ccccc7n(-c7ccccc7)c6c5)cccc43)c2)cc1. The van der Waals surface area contributed by atoms with Gasteiger partial charge in [-0.05, 0) is 81.9 Å². The molecule has 2 heterocycles. The van der Waals surface area contributed by atoms with Crippen molar-refractivity contribution < 1.29 is 0 Å². The smallest absolute Gasteiger partial charge is 0.0547 e. The Labute approximate surface area is 290 Å². The Bertz CT molecular complexity index is 2860. The molecule has 0 spiro atoms. The van der Waals surface area contributed by atoms with E-state index >= 15 is 0 Å². The van der Waals surface area contributed by atoms with Crippen molar-refractivity contribution in [3.63, 3.8) is 0 Å². The molecule has 0 bridgehead atoms. The molecule has 50 heavy (non-hydrogen) atoms. The van der Waals surface area contributed by atoms with E-state index in [-0.39, 0.29) is 0 Å². The number of hydrogen-bond donors (Lipinski definition) is 0. The van der Waals surface area contributed by atoms with Crippen molar-refractivity contribution in [3.8, 4) is 44.8 Å². The first kappa shape index (κ1) is 28.4. The van der Waals surface area contributed by atoms with Gasteiger partial charge < -0.3 is 9.13 Å². The molecule has 0 N–H and O–H groups in total. The second-order valence-electron chi connectivity index (χ2n) is 12.9. The van der Waals surface area contributed by atoms with Crippen molar-refractivity contribution >= 4 is 43.6 Å². The zero-order valence-corrected chi connectivity index (χ0v) is 27.4. The van der Waals surface area contributed by atoms with Crippen LogP contribution in [0.1, 0.15) is 0 Å². The molecule has 0 amide bonds. The van der Waals surface area contributed by atoms with E-state index in [2.05, 4.69) is 203 Å².